The number of hydrogen-bond acceptors (Lipinski definition) is 3. The third-order valence-electron chi connectivity index (χ3n) is 4.11. The Balaban J connectivity index is 0.00000147. The predicted molar refractivity (Wildman–Crippen MR) is 82.0 cm³/mol. The molecule has 2 saturated heterocycles. The van der Waals surface area contributed by atoms with Crippen LogP contribution in [0.2, 0.25) is 5.02 Å². The van der Waals surface area contributed by atoms with Crippen molar-refractivity contribution in [2.45, 2.75) is 11.8 Å². The lowest BCUT2D eigenvalue weighted by atomic mass is 10.0. The second kappa shape index (κ2) is 5.81. The van der Waals surface area contributed by atoms with Crippen molar-refractivity contribution in [2.75, 3.05) is 26.2 Å². The molecule has 2 aliphatic rings. The molecule has 0 aliphatic carbocycles. The molecule has 112 valence electrons. The van der Waals surface area contributed by atoms with Gasteiger partial charge in [-0.2, -0.15) is 4.31 Å². The zero-order valence-corrected chi connectivity index (χ0v) is 13.6. The summed E-state index contributed by atoms with van der Waals surface area (Å²) >= 11 is 5.89. The van der Waals surface area contributed by atoms with Crippen LogP contribution in [0.4, 0.5) is 0 Å². The number of sulfonamides is 1. The van der Waals surface area contributed by atoms with Gasteiger partial charge in [0.2, 0.25) is 10.0 Å². The lowest BCUT2D eigenvalue weighted by molar-refractivity contribution is 0.447. The minimum absolute atomic E-state index is 0. The molecule has 0 saturated carbocycles. The number of nitrogens with one attached hydrogen (secondary N) is 1. The lowest BCUT2D eigenvalue weighted by Crippen LogP contribution is -2.32. The van der Waals surface area contributed by atoms with Gasteiger partial charge in [0, 0.05) is 18.1 Å². The fraction of sp³-hybridized carbons (Fsp3) is 0.538. The van der Waals surface area contributed by atoms with Gasteiger partial charge in [-0.05, 0) is 55.6 Å². The van der Waals surface area contributed by atoms with Gasteiger partial charge in [0.05, 0.1) is 4.90 Å². The van der Waals surface area contributed by atoms with Crippen molar-refractivity contribution in [1.29, 1.82) is 0 Å². The molecule has 0 radical (unpaired) electrons. The molecule has 1 aromatic carbocycles. The summed E-state index contributed by atoms with van der Waals surface area (Å²) < 4.78 is 26.9. The first-order valence-corrected chi connectivity index (χ1v) is 8.27. The van der Waals surface area contributed by atoms with Gasteiger partial charge >= 0.3 is 0 Å². The Morgan fingerprint density at radius 1 is 1.25 bits per heavy atom. The van der Waals surface area contributed by atoms with Crippen LogP contribution in [0.1, 0.15) is 5.56 Å². The van der Waals surface area contributed by atoms with E-state index in [9.17, 15) is 8.42 Å². The van der Waals surface area contributed by atoms with Crippen molar-refractivity contribution >= 4 is 34.0 Å². The van der Waals surface area contributed by atoms with E-state index in [-0.39, 0.29) is 12.4 Å². The van der Waals surface area contributed by atoms with Gasteiger partial charge in [-0.25, -0.2) is 8.42 Å². The van der Waals surface area contributed by atoms with E-state index in [0.717, 1.165) is 13.1 Å². The average Bonchev–Trinajstić information content (AvgIpc) is 2.87. The number of hydrogen-bond donors (Lipinski definition) is 1. The van der Waals surface area contributed by atoms with Crippen molar-refractivity contribution in [2.24, 2.45) is 11.8 Å². The number of benzene rings is 1. The highest BCUT2D eigenvalue weighted by molar-refractivity contribution is 7.89. The lowest BCUT2D eigenvalue weighted by Gasteiger charge is -2.18. The first-order valence-electron chi connectivity index (χ1n) is 6.45. The third-order valence-corrected chi connectivity index (χ3v) is 6.34. The van der Waals surface area contributed by atoms with Crippen LogP contribution in [-0.2, 0) is 10.0 Å². The molecule has 0 spiro atoms. The topological polar surface area (TPSA) is 49.4 Å². The Bertz CT molecular complexity index is 594. The van der Waals surface area contributed by atoms with Crippen molar-refractivity contribution in [1.82, 2.24) is 9.62 Å². The van der Waals surface area contributed by atoms with Crippen LogP contribution in [0.25, 0.3) is 0 Å². The largest absolute Gasteiger partial charge is 0.316 e. The Labute approximate surface area is 131 Å². The van der Waals surface area contributed by atoms with Crippen LogP contribution in [0, 0.1) is 18.8 Å². The summed E-state index contributed by atoms with van der Waals surface area (Å²) in [6.45, 7) is 4.90. The molecule has 4 nitrogen and oxygen atoms in total. The van der Waals surface area contributed by atoms with Gasteiger partial charge < -0.3 is 5.32 Å². The summed E-state index contributed by atoms with van der Waals surface area (Å²) in [7, 11) is -3.38. The second-order valence-corrected chi connectivity index (χ2v) is 7.75. The summed E-state index contributed by atoms with van der Waals surface area (Å²) in [5.74, 6) is 0.921. The molecule has 0 aromatic heterocycles. The molecule has 2 aliphatic heterocycles. The highest BCUT2D eigenvalue weighted by atomic mass is 35.5. The zero-order valence-electron chi connectivity index (χ0n) is 11.2. The number of fused-ring (bicyclic) bond motifs is 1. The van der Waals surface area contributed by atoms with Crippen LogP contribution in [0.3, 0.4) is 0 Å². The Hall–Kier alpha value is -0.330. The average molecular weight is 337 g/mol. The van der Waals surface area contributed by atoms with E-state index >= 15 is 0 Å². The SMILES string of the molecule is Cc1cc(Cl)ccc1S(=O)(=O)N1C[C@H]2CNC[C@H]2C1.Cl. The highest BCUT2D eigenvalue weighted by Crippen LogP contribution is 2.32. The first-order chi connectivity index (χ1) is 8.98. The fourth-order valence-electron chi connectivity index (χ4n) is 3.05. The quantitative estimate of drug-likeness (QED) is 0.897. The Kier molecular flexibility index (Phi) is 4.66. The van der Waals surface area contributed by atoms with Crippen LogP contribution < -0.4 is 5.32 Å². The number of aryl methyl sites for hydroxylation is 1. The summed E-state index contributed by atoms with van der Waals surface area (Å²) in [5, 5.41) is 3.88. The third kappa shape index (κ3) is 2.70. The molecule has 3 rings (SSSR count). The van der Waals surface area contributed by atoms with Gasteiger partial charge in [-0.3, -0.25) is 0 Å². The van der Waals surface area contributed by atoms with Crippen molar-refractivity contribution < 1.29 is 8.42 Å². The molecule has 0 amide bonds. The van der Waals surface area contributed by atoms with Crippen molar-refractivity contribution in [3.8, 4) is 0 Å². The molecule has 1 aromatic rings. The molecule has 2 atom stereocenters. The highest BCUT2D eigenvalue weighted by Gasteiger charge is 2.41. The van der Waals surface area contributed by atoms with E-state index in [2.05, 4.69) is 5.32 Å². The monoisotopic (exact) mass is 336 g/mol. The van der Waals surface area contributed by atoms with Crippen molar-refractivity contribution in [3.63, 3.8) is 0 Å². The smallest absolute Gasteiger partial charge is 0.243 e. The standard InChI is InChI=1S/C13H17ClN2O2S.ClH/c1-9-4-12(14)2-3-13(9)19(17,18)16-7-10-5-15-6-11(10)8-16;/h2-4,10-11,15H,5-8H2,1H3;1H/t10-,11+;. The van der Waals surface area contributed by atoms with E-state index in [4.69, 9.17) is 11.6 Å². The first kappa shape index (κ1) is 16.0. The number of nitrogens with zero attached hydrogens (tertiary/aromatic N) is 1. The molecule has 2 fully saturated rings. The maximum absolute atomic E-state index is 12.7. The Morgan fingerprint density at radius 3 is 2.40 bits per heavy atom. The number of halogens is 2. The Morgan fingerprint density at radius 2 is 1.85 bits per heavy atom. The summed E-state index contributed by atoms with van der Waals surface area (Å²) in [6.07, 6.45) is 0. The van der Waals surface area contributed by atoms with Crippen LogP contribution in [0.5, 0.6) is 0 Å². The van der Waals surface area contributed by atoms with Crippen LogP contribution in [0.15, 0.2) is 23.1 Å². The molecular weight excluding hydrogens is 319 g/mol. The van der Waals surface area contributed by atoms with Crippen LogP contribution >= 0.6 is 24.0 Å². The van der Waals surface area contributed by atoms with E-state index in [1.54, 1.807) is 29.4 Å². The van der Waals surface area contributed by atoms with Crippen molar-refractivity contribution in [3.05, 3.63) is 28.8 Å². The van der Waals surface area contributed by atoms with Gasteiger partial charge in [0.1, 0.15) is 0 Å². The molecule has 7 heteroatoms. The van der Waals surface area contributed by atoms with E-state index in [0.29, 0.717) is 40.4 Å². The maximum atomic E-state index is 12.7. The van der Waals surface area contributed by atoms with Gasteiger partial charge in [-0.15, -0.1) is 12.4 Å². The van der Waals surface area contributed by atoms with E-state index in [1.165, 1.54) is 0 Å². The molecule has 0 bridgehead atoms. The van der Waals surface area contributed by atoms with Gasteiger partial charge in [-0.1, -0.05) is 11.6 Å². The normalized spacial score (nSPS) is 26.3. The minimum atomic E-state index is -3.38. The number of rotatable bonds is 2. The fourth-order valence-corrected chi connectivity index (χ4v) is 5.04. The summed E-state index contributed by atoms with van der Waals surface area (Å²) in [5.41, 5.74) is 0.711. The predicted octanol–water partition coefficient (Wildman–Crippen LogP) is 1.91. The molecule has 1 N–H and O–H groups in total. The van der Waals surface area contributed by atoms with Gasteiger partial charge in [0.15, 0.2) is 0 Å². The zero-order chi connectivity index (χ0) is 13.6. The second-order valence-electron chi connectivity index (χ2n) is 5.41. The maximum Gasteiger partial charge on any atom is 0.243 e. The molecule has 2 heterocycles. The summed E-state index contributed by atoms with van der Waals surface area (Å²) in [6, 6.07) is 4.95. The van der Waals surface area contributed by atoms with E-state index in [1.807, 2.05) is 0 Å². The molecule has 0 unspecified atom stereocenters. The van der Waals surface area contributed by atoms with Crippen LogP contribution in [-0.4, -0.2) is 38.9 Å². The molecule has 20 heavy (non-hydrogen) atoms. The minimum Gasteiger partial charge on any atom is -0.316 e. The summed E-state index contributed by atoms with van der Waals surface area (Å²) in [4.78, 5) is 0.379. The molecular formula is C13H18Cl2N2O2S. The van der Waals surface area contributed by atoms with Gasteiger partial charge in [0.25, 0.3) is 0 Å². The van der Waals surface area contributed by atoms with E-state index < -0.39 is 10.0 Å².